The minimum atomic E-state index is -4.40. The summed E-state index contributed by atoms with van der Waals surface area (Å²) in [6, 6.07) is 4.25. The van der Waals surface area contributed by atoms with Crippen molar-refractivity contribution in [2.24, 2.45) is 0 Å². The highest BCUT2D eigenvalue weighted by Gasteiger charge is 2.32. The molecular weight excluding hydrogens is 323 g/mol. The van der Waals surface area contributed by atoms with Crippen LogP contribution in [0.2, 0.25) is 0 Å². The monoisotopic (exact) mass is 345 g/mol. The third-order valence-corrected chi connectivity index (χ3v) is 3.25. The van der Waals surface area contributed by atoms with E-state index in [1.54, 1.807) is 0 Å². The summed E-state index contributed by atoms with van der Waals surface area (Å²) in [4.78, 5) is 21.5. The van der Waals surface area contributed by atoms with E-state index in [-0.39, 0.29) is 23.0 Å². The highest BCUT2D eigenvalue weighted by Crippen LogP contribution is 2.30. The summed E-state index contributed by atoms with van der Waals surface area (Å²) in [7, 11) is 0. The van der Waals surface area contributed by atoms with Crippen LogP contribution in [0.25, 0.3) is 0 Å². The average molecular weight is 345 g/mol. The van der Waals surface area contributed by atoms with Gasteiger partial charge in [-0.1, -0.05) is 12.1 Å². The molecule has 1 aromatic carbocycles. The molecule has 1 heterocycles. The Morgan fingerprint density at radius 3 is 2.38 bits per heavy atom. The molecule has 7 heteroatoms. The number of nitrogens with one attached hydrogen (secondary N) is 1. The Balaban J connectivity index is 0.000000351. The summed E-state index contributed by atoms with van der Waals surface area (Å²) < 4.78 is 42.0. The van der Waals surface area contributed by atoms with Crippen LogP contribution in [0.4, 0.5) is 13.2 Å². The van der Waals surface area contributed by atoms with Gasteiger partial charge in [-0.05, 0) is 52.3 Å². The molecule has 0 radical (unpaired) electrons. The van der Waals surface area contributed by atoms with Crippen molar-refractivity contribution in [3.8, 4) is 0 Å². The lowest BCUT2D eigenvalue weighted by Gasteiger charge is -2.14. The third kappa shape index (κ3) is 6.70. The third-order valence-electron chi connectivity index (χ3n) is 3.25. The van der Waals surface area contributed by atoms with Crippen LogP contribution in [0.5, 0.6) is 0 Å². The van der Waals surface area contributed by atoms with Crippen LogP contribution in [0, 0.1) is 0 Å². The maximum atomic E-state index is 12.5. The number of rotatable bonds is 3. The molecule has 1 aromatic rings. The van der Waals surface area contributed by atoms with E-state index in [4.69, 9.17) is 0 Å². The Bertz CT molecular complexity index is 559. The second-order valence-electron chi connectivity index (χ2n) is 6.42. The molecule has 0 spiro atoms. The number of hydrogen-bond acceptors (Lipinski definition) is 4. The fourth-order valence-corrected chi connectivity index (χ4v) is 2.10. The molecule has 0 saturated carbocycles. The number of halogens is 3. The van der Waals surface area contributed by atoms with Crippen molar-refractivity contribution in [1.29, 1.82) is 0 Å². The van der Waals surface area contributed by atoms with Gasteiger partial charge in [0.05, 0.1) is 11.6 Å². The van der Waals surface area contributed by atoms with E-state index in [2.05, 4.69) is 10.1 Å². The molecule has 134 valence electrons. The van der Waals surface area contributed by atoms with E-state index in [9.17, 15) is 22.8 Å². The van der Waals surface area contributed by atoms with Gasteiger partial charge in [-0.2, -0.15) is 13.2 Å². The van der Waals surface area contributed by atoms with E-state index < -0.39 is 11.7 Å². The number of carbonyl (C=O) groups is 2. The minimum absolute atomic E-state index is 0.124. The topological polar surface area (TPSA) is 55.4 Å². The van der Waals surface area contributed by atoms with Crippen molar-refractivity contribution in [3.05, 3.63) is 35.4 Å². The van der Waals surface area contributed by atoms with Gasteiger partial charge in [-0.3, -0.25) is 9.59 Å². The van der Waals surface area contributed by atoms with Crippen LogP contribution < -0.4 is 5.32 Å². The van der Waals surface area contributed by atoms with Crippen LogP contribution in [0.3, 0.4) is 0 Å². The Morgan fingerprint density at radius 2 is 1.96 bits per heavy atom. The fraction of sp³-hybridized carbons (Fsp3) is 0.529. The first-order valence-electron chi connectivity index (χ1n) is 7.61. The number of benzene rings is 1. The van der Waals surface area contributed by atoms with Crippen LogP contribution in [-0.4, -0.2) is 30.4 Å². The Labute approximate surface area is 139 Å². The largest absolute Gasteiger partial charge is 0.462 e. The van der Waals surface area contributed by atoms with Gasteiger partial charge >= 0.3 is 6.18 Å². The summed E-state index contributed by atoms with van der Waals surface area (Å²) in [5.74, 6) is -0.256. The zero-order valence-electron chi connectivity index (χ0n) is 13.9. The smallest absolute Gasteiger partial charge is 0.416 e. The van der Waals surface area contributed by atoms with Gasteiger partial charge in [0.15, 0.2) is 5.78 Å². The number of hydrogen-bond donors (Lipinski definition) is 1. The van der Waals surface area contributed by atoms with E-state index in [0.29, 0.717) is 12.9 Å². The zero-order chi connectivity index (χ0) is 18.4. The van der Waals surface area contributed by atoms with Crippen LogP contribution in [-0.2, 0) is 15.7 Å². The molecule has 1 aliphatic heterocycles. The molecule has 0 aromatic heterocycles. The highest BCUT2D eigenvalue weighted by atomic mass is 19.4. The van der Waals surface area contributed by atoms with Crippen molar-refractivity contribution in [3.63, 3.8) is 0 Å². The number of ether oxygens (including phenoxy) is 1. The Hall–Kier alpha value is -1.89. The Morgan fingerprint density at radius 1 is 1.29 bits per heavy atom. The summed E-state index contributed by atoms with van der Waals surface area (Å²) in [6.45, 7) is 6.67. The van der Waals surface area contributed by atoms with Crippen molar-refractivity contribution in [2.75, 3.05) is 6.54 Å². The Kier molecular flexibility index (Phi) is 6.95. The molecule has 0 bridgehead atoms. The minimum Gasteiger partial charge on any atom is -0.462 e. The SMILES string of the molecule is CC(C)(C)OC=O.O=C(c1cccc(C(F)(F)F)c1)C1CCCN1. The summed E-state index contributed by atoms with van der Waals surface area (Å²) in [5.41, 5.74) is -0.970. The van der Waals surface area contributed by atoms with E-state index in [1.807, 2.05) is 20.8 Å². The number of ketones is 1. The van der Waals surface area contributed by atoms with Gasteiger partial charge in [-0.25, -0.2) is 0 Å². The number of Topliss-reactive ketones (excluding diaryl/α,β-unsaturated/α-hetero) is 1. The van der Waals surface area contributed by atoms with Gasteiger partial charge in [0.1, 0.15) is 5.60 Å². The summed E-state index contributed by atoms with van der Waals surface area (Å²) in [5, 5.41) is 2.98. The van der Waals surface area contributed by atoms with Crippen molar-refractivity contribution < 1.29 is 27.5 Å². The van der Waals surface area contributed by atoms with Gasteiger partial charge in [-0.15, -0.1) is 0 Å². The molecule has 1 saturated heterocycles. The lowest BCUT2D eigenvalue weighted by Crippen LogP contribution is -2.30. The number of carbonyl (C=O) groups excluding carboxylic acids is 2. The molecule has 0 amide bonds. The molecule has 1 aliphatic rings. The van der Waals surface area contributed by atoms with Crippen molar-refractivity contribution in [1.82, 2.24) is 5.32 Å². The fourth-order valence-electron chi connectivity index (χ4n) is 2.10. The van der Waals surface area contributed by atoms with E-state index in [0.717, 1.165) is 25.1 Å². The van der Waals surface area contributed by atoms with E-state index in [1.165, 1.54) is 12.1 Å². The van der Waals surface area contributed by atoms with Crippen molar-refractivity contribution >= 4 is 12.3 Å². The van der Waals surface area contributed by atoms with Gasteiger partial charge < -0.3 is 10.1 Å². The first kappa shape index (κ1) is 20.2. The van der Waals surface area contributed by atoms with Crippen LogP contribution in [0.15, 0.2) is 24.3 Å². The molecule has 24 heavy (non-hydrogen) atoms. The molecule has 1 N–H and O–H groups in total. The highest BCUT2D eigenvalue weighted by molar-refractivity contribution is 6.00. The first-order chi connectivity index (χ1) is 11.0. The summed E-state index contributed by atoms with van der Waals surface area (Å²) in [6.07, 6.45) is -2.83. The molecule has 1 unspecified atom stereocenters. The second-order valence-corrected chi connectivity index (χ2v) is 6.42. The van der Waals surface area contributed by atoms with Crippen LogP contribution in [0.1, 0.15) is 49.5 Å². The molecular formula is C17H22F3NO3. The standard InChI is InChI=1S/C12H12F3NO.C5H10O2/c13-12(14,15)9-4-1-3-8(7-9)11(17)10-5-2-6-16-10;1-5(2,3)7-4-6/h1,3-4,7,10,16H,2,5-6H2;4H,1-3H3. The predicted octanol–water partition coefficient (Wildman–Crippen LogP) is 3.60. The van der Waals surface area contributed by atoms with Gasteiger partial charge in [0.25, 0.3) is 6.47 Å². The number of alkyl halides is 3. The van der Waals surface area contributed by atoms with Crippen LogP contribution >= 0.6 is 0 Å². The average Bonchev–Trinajstić information content (AvgIpc) is 2.99. The zero-order valence-corrected chi connectivity index (χ0v) is 13.9. The second kappa shape index (κ2) is 8.28. The molecule has 4 nitrogen and oxygen atoms in total. The maximum Gasteiger partial charge on any atom is 0.416 e. The quantitative estimate of drug-likeness (QED) is 0.672. The van der Waals surface area contributed by atoms with Gasteiger partial charge in [0, 0.05) is 5.56 Å². The first-order valence-corrected chi connectivity index (χ1v) is 7.61. The normalized spacial score (nSPS) is 17.7. The van der Waals surface area contributed by atoms with E-state index >= 15 is 0 Å². The summed E-state index contributed by atoms with van der Waals surface area (Å²) >= 11 is 0. The molecule has 0 aliphatic carbocycles. The maximum absolute atomic E-state index is 12.5. The predicted molar refractivity (Wildman–Crippen MR) is 83.7 cm³/mol. The lowest BCUT2D eigenvalue weighted by molar-refractivity contribution is -0.139. The van der Waals surface area contributed by atoms with Gasteiger partial charge in [0.2, 0.25) is 0 Å². The molecule has 1 fully saturated rings. The lowest BCUT2D eigenvalue weighted by atomic mass is 10.0. The molecule has 2 rings (SSSR count). The van der Waals surface area contributed by atoms with Crippen molar-refractivity contribution in [2.45, 2.75) is 51.4 Å². The molecule has 1 atom stereocenters.